The highest BCUT2D eigenvalue weighted by molar-refractivity contribution is 5.76. The molecule has 0 aliphatic heterocycles. The summed E-state index contributed by atoms with van der Waals surface area (Å²) < 4.78 is 5.24. The molecule has 0 radical (unpaired) electrons. The number of rotatable bonds is 2. The molecule has 0 aliphatic carbocycles. The molecule has 1 heterocycles. The number of para-hydroxylation sites is 1. The number of fused-ring (bicyclic) bond motifs is 1. The van der Waals surface area contributed by atoms with Crippen molar-refractivity contribution < 1.29 is 9.52 Å². The Labute approximate surface area is 75.0 Å². The lowest BCUT2D eigenvalue weighted by molar-refractivity contribution is 0.244. The lowest BCUT2D eigenvalue weighted by Gasteiger charge is -1.94. The molecule has 4 heteroatoms. The zero-order chi connectivity index (χ0) is 9.26. The van der Waals surface area contributed by atoms with Crippen LogP contribution in [0.5, 0.6) is 0 Å². The zero-order valence-corrected chi connectivity index (χ0v) is 7.03. The van der Waals surface area contributed by atoms with E-state index in [9.17, 15) is 0 Å². The Morgan fingerprint density at radius 2 is 2.31 bits per heavy atom. The van der Waals surface area contributed by atoms with Gasteiger partial charge in [0.25, 0.3) is 0 Å². The highest BCUT2D eigenvalue weighted by Gasteiger charge is 2.06. The van der Waals surface area contributed by atoms with Crippen molar-refractivity contribution >= 4 is 11.1 Å². The number of hydrogen-bond acceptors (Lipinski definition) is 4. The third-order valence-corrected chi connectivity index (χ3v) is 1.90. The standard InChI is InChI=1S/C9H10N2O2/c10-4-6-2-1-3-7-9(6)11-8(5-12)13-7/h1-3,12H,4-5,10H2. The molecule has 0 amide bonds. The molecule has 0 saturated carbocycles. The van der Waals surface area contributed by atoms with Crippen LogP contribution in [0.15, 0.2) is 22.6 Å². The van der Waals surface area contributed by atoms with E-state index in [-0.39, 0.29) is 6.61 Å². The number of benzene rings is 1. The van der Waals surface area contributed by atoms with Crippen LogP contribution in [-0.4, -0.2) is 10.1 Å². The van der Waals surface area contributed by atoms with Gasteiger partial charge in [0.1, 0.15) is 12.1 Å². The SMILES string of the molecule is NCc1cccc2oc(CO)nc12. The minimum Gasteiger partial charge on any atom is -0.438 e. The molecule has 0 spiro atoms. The molecule has 1 aromatic carbocycles. The third kappa shape index (κ3) is 1.30. The molecule has 2 rings (SSSR count). The average molecular weight is 178 g/mol. The van der Waals surface area contributed by atoms with Crippen LogP contribution in [0.3, 0.4) is 0 Å². The highest BCUT2D eigenvalue weighted by Crippen LogP contribution is 2.18. The van der Waals surface area contributed by atoms with Crippen molar-refractivity contribution in [3.05, 3.63) is 29.7 Å². The largest absolute Gasteiger partial charge is 0.438 e. The fourth-order valence-electron chi connectivity index (χ4n) is 1.28. The van der Waals surface area contributed by atoms with Gasteiger partial charge in [-0.2, -0.15) is 0 Å². The minimum atomic E-state index is -0.182. The summed E-state index contributed by atoms with van der Waals surface area (Å²) in [7, 11) is 0. The molecule has 4 nitrogen and oxygen atoms in total. The fraction of sp³-hybridized carbons (Fsp3) is 0.222. The Kier molecular flexibility index (Phi) is 2.00. The topological polar surface area (TPSA) is 72.3 Å². The van der Waals surface area contributed by atoms with Crippen LogP contribution in [0.25, 0.3) is 11.1 Å². The van der Waals surface area contributed by atoms with Gasteiger partial charge in [0.05, 0.1) is 0 Å². The summed E-state index contributed by atoms with van der Waals surface area (Å²) in [6, 6.07) is 5.56. The first kappa shape index (κ1) is 8.22. The van der Waals surface area contributed by atoms with Crippen LogP contribution >= 0.6 is 0 Å². The Bertz CT molecular complexity index is 422. The van der Waals surface area contributed by atoms with Crippen molar-refractivity contribution in [1.82, 2.24) is 4.98 Å². The van der Waals surface area contributed by atoms with Gasteiger partial charge in [-0.15, -0.1) is 0 Å². The lowest BCUT2D eigenvalue weighted by atomic mass is 10.2. The first-order chi connectivity index (χ1) is 6.35. The maximum absolute atomic E-state index is 8.81. The molecule has 0 atom stereocenters. The van der Waals surface area contributed by atoms with Gasteiger partial charge in [-0.05, 0) is 11.6 Å². The molecule has 0 aliphatic rings. The summed E-state index contributed by atoms with van der Waals surface area (Å²) >= 11 is 0. The number of aliphatic hydroxyl groups excluding tert-OH is 1. The second kappa shape index (κ2) is 3.16. The van der Waals surface area contributed by atoms with E-state index in [0.717, 1.165) is 11.1 Å². The molecule has 3 N–H and O–H groups in total. The lowest BCUT2D eigenvalue weighted by Crippen LogP contribution is -1.96. The number of nitrogens with two attached hydrogens (primary N) is 1. The first-order valence-corrected chi connectivity index (χ1v) is 4.03. The average Bonchev–Trinajstić information content (AvgIpc) is 2.59. The van der Waals surface area contributed by atoms with Crippen LogP contribution in [0, 0.1) is 0 Å². The van der Waals surface area contributed by atoms with Crippen molar-refractivity contribution in [1.29, 1.82) is 0 Å². The first-order valence-electron chi connectivity index (χ1n) is 4.03. The summed E-state index contributed by atoms with van der Waals surface area (Å²) in [6.07, 6.45) is 0. The summed E-state index contributed by atoms with van der Waals surface area (Å²) in [4.78, 5) is 4.11. The third-order valence-electron chi connectivity index (χ3n) is 1.90. The molecule has 13 heavy (non-hydrogen) atoms. The molecule has 0 bridgehead atoms. The van der Waals surface area contributed by atoms with Crippen LogP contribution in [0.4, 0.5) is 0 Å². The monoisotopic (exact) mass is 178 g/mol. The van der Waals surface area contributed by atoms with E-state index in [1.54, 1.807) is 6.07 Å². The smallest absolute Gasteiger partial charge is 0.221 e. The van der Waals surface area contributed by atoms with E-state index in [1.807, 2.05) is 12.1 Å². The Hall–Kier alpha value is -1.39. The van der Waals surface area contributed by atoms with Crippen molar-refractivity contribution in [2.75, 3.05) is 0 Å². The number of oxazole rings is 1. The van der Waals surface area contributed by atoms with E-state index in [0.29, 0.717) is 18.0 Å². The molecule has 2 aromatic rings. The van der Waals surface area contributed by atoms with E-state index in [2.05, 4.69) is 4.98 Å². The molecule has 1 aromatic heterocycles. The molecule has 68 valence electrons. The van der Waals surface area contributed by atoms with Gasteiger partial charge in [-0.1, -0.05) is 12.1 Å². The second-order valence-electron chi connectivity index (χ2n) is 2.73. The van der Waals surface area contributed by atoms with Gasteiger partial charge in [-0.3, -0.25) is 0 Å². The highest BCUT2D eigenvalue weighted by atomic mass is 16.4. The summed E-state index contributed by atoms with van der Waals surface area (Å²) in [5, 5.41) is 8.81. The number of nitrogens with zero attached hydrogens (tertiary/aromatic N) is 1. The van der Waals surface area contributed by atoms with Crippen molar-refractivity contribution in [2.24, 2.45) is 5.73 Å². The number of hydrogen-bond donors (Lipinski definition) is 2. The van der Waals surface area contributed by atoms with Crippen LogP contribution in [0.1, 0.15) is 11.5 Å². The van der Waals surface area contributed by atoms with Gasteiger partial charge in [0.15, 0.2) is 5.58 Å². The van der Waals surface area contributed by atoms with E-state index in [1.165, 1.54) is 0 Å². The molecular formula is C9H10N2O2. The van der Waals surface area contributed by atoms with Crippen molar-refractivity contribution in [3.8, 4) is 0 Å². The number of aromatic nitrogens is 1. The quantitative estimate of drug-likeness (QED) is 0.712. The van der Waals surface area contributed by atoms with Gasteiger partial charge < -0.3 is 15.3 Å². The molecule has 0 fully saturated rings. The summed E-state index contributed by atoms with van der Waals surface area (Å²) in [5.74, 6) is 0.330. The van der Waals surface area contributed by atoms with Gasteiger partial charge >= 0.3 is 0 Å². The minimum absolute atomic E-state index is 0.182. The molecule has 0 unspecified atom stereocenters. The fourth-order valence-corrected chi connectivity index (χ4v) is 1.28. The Morgan fingerprint density at radius 1 is 1.46 bits per heavy atom. The second-order valence-corrected chi connectivity index (χ2v) is 2.73. The van der Waals surface area contributed by atoms with Gasteiger partial charge in [0, 0.05) is 6.54 Å². The summed E-state index contributed by atoms with van der Waals surface area (Å²) in [6.45, 7) is 0.243. The molecule has 0 saturated heterocycles. The maximum Gasteiger partial charge on any atom is 0.221 e. The van der Waals surface area contributed by atoms with Crippen LogP contribution in [-0.2, 0) is 13.2 Å². The van der Waals surface area contributed by atoms with Gasteiger partial charge in [0.2, 0.25) is 5.89 Å². The van der Waals surface area contributed by atoms with Crippen molar-refractivity contribution in [2.45, 2.75) is 13.2 Å². The summed E-state index contributed by atoms with van der Waals surface area (Å²) in [5.41, 5.74) is 7.87. The van der Waals surface area contributed by atoms with Crippen molar-refractivity contribution in [3.63, 3.8) is 0 Å². The predicted molar refractivity (Wildman–Crippen MR) is 47.8 cm³/mol. The maximum atomic E-state index is 8.81. The van der Waals surface area contributed by atoms with E-state index in [4.69, 9.17) is 15.3 Å². The van der Waals surface area contributed by atoms with E-state index < -0.39 is 0 Å². The Balaban J connectivity index is 2.67. The number of aliphatic hydroxyl groups is 1. The molecular weight excluding hydrogens is 168 g/mol. The van der Waals surface area contributed by atoms with E-state index >= 15 is 0 Å². The normalized spacial score (nSPS) is 10.9. The zero-order valence-electron chi connectivity index (χ0n) is 7.03. The predicted octanol–water partition coefficient (Wildman–Crippen LogP) is 0.779. The van der Waals surface area contributed by atoms with Crippen LogP contribution in [0.2, 0.25) is 0 Å². The van der Waals surface area contributed by atoms with Crippen LogP contribution < -0.4 is 5.73 Å². The Morgan fingerprint density at radius 3 is 3.00 bits per heavy atom. The van der Waals surface area contributed by atoms with Gasteiger partial charge in [-0.25, -0.2) is 4.98 Å².